The van der Waals surface area contributed by atoms with E-state index in [4.69, 9.17) is 34.3 Å². The van der Waals surface area contributed by atoms with Crippen molar-refractivity contribution in [3.05, 3.63) is 0 Å². The van der Waals surface area contributed by atoms with Gasteiger partial charge in [0.15, 0.2) is 0 Å². The monoisotopic (exact) mass is 335 g/mol. The largest absolute Gasteiger partial charge is 4.00 e. The van der Waals surface area contributed by atoms with Crippen molar-refractivity contribution in [3.8, 4) is 0 Å². The van der Waals surface area contributed by atoms with E-state index < -0.39 is 14.0 Å². The molecule has 10 heteroatoms. The molecule has 0 spiro atoms. The summed E-state index contributed by atoms with van der Waals surface area (Å²) in [6, 6.07) is 0. The Morgan fingerprint density at radius 1 is 1.00 bits per heavy atom. The molecular weight excluding hydrogens is 337 g/mol. The Balaban J connectivity index is -0.0000000383. The number of carbonyl (C=O) groups is 1. The fourth-order valence-electron chi connectivity index (χ4n) is 0. The number of rotatable bonds is 0. The van der Waals surface area contributed by atoms with Crippen molar-refractivity contribution >= 4 is 14.0 Å². The van der Waals surface area contributed by atoms with Crippen LogP contribution in [0.5, 0.6) is 0 Å². The molecule has 0 saturated carbocycles. The zero-order valence-corrected chi connectivity index (χ0v) is 10.6. The first-order valence-electron chi connectivity index (χ1n) is 1.34. The summed E-state index contributed by atoms with van der Waals surface area (Å²) in [6.07, 6.45) is -2.33. The zero-order chi connectivity index (χ0) is 8.08. The van der Waals surface area contributed by atoms with E-state index in [1.54, 1.807) is 0 Å². The Bertz CT molecular complexity index is 116. The summed E-state index contributed by atoms with van der Waals surface area (Å²) in [5.41, 5.74) is 0. The molecule has 0 unspecified atom stereocenters. The van der Waals surface area contributed by atoms with Crippen molar-refractivity contribution < 1.29 is 86.7 Å². The van der Waals surface area contributed by atoms with E-state index >= 15 is 0 Å². The summed E-state index contributed by atoms with van der Waals surface area (Å²) in [7, 11) is -5.39. The molecule has 0 aliphatic rings. The average Bonchev–Trinajstić information content (AvgIpc) is 1.19. The van der Waals surface area contributed by atoms with E-state index in [1.165, 1.54) is 0 Å². The number of carboxylic acid groups (broad SMARTS) is 2. The van der Waals surface area contributed by atoms with Crippen LogP contribution >= 0.6 is 7.82 Å². The quantitative estimate of drug-likeness (QED) is 0.401. The third-order valence-electron chi connectivity index (χ3n) is 0. The van der Waals surface area contributed by atoms with E-state index in [9.17, 15) is 0 Å². The van der Waals surface area contributed by atoms with Gasteiger partial charge in [0.1, 0.15) is 0 Å². The molecule has 0 aliphatic carbocycles. The standard InChI is InChI=1S/CH2O3.H3O4P.2Zr/c2-1(3)4;1-5(2,3)4;;/h(H2,2,3,4);(H3,1,2,3,4);;/q;;2*+4/p-5. The van der Waals surface area contributed by atoms with Gasteiger partial charge in [-0.3, -0.25) is 0 Å². The topological polar surface area (TPSA) is 149 Å². The van der Waals surface area contributed by atoms with Crippen LogP contribution in [0.2, 0.25) is 0 Å². The second-order valence-corrected chi connectivity index (χ2v) is 1.59. The van der Waals surface area contributed by atoms with Gasteiger partial charge in [-0.15, -0.1) is 0 Å². The fraction of sp³-hybridized carbons (Fsp3) is 0. The Morgan fingerprint density at radius 2 is 1.00 bits per heavy atom. The van der Waals surface area contributed by atoms with Gasteiger partial charge in [-0.05, 0) is 6.16 Å². The molecule has 7 nitrogen and oxygen atoms in total. The maximum Gasteiger partial charge on any atom is 4.00 e. The summed E-state index contributed by atoms with van der Waals surface area (Å²) >= 11 is 0. The van der Waals surface area contributed by atoms with Crippen LogP contribution in [0.4, 0.5) is 4.79 Å². The van der Waals surface area contributed by atoms with Gasteiger partial charge in [-0.1, -0.05) is 0 Å². The third kappa shape index (κ3) is 710. The molecule has 0 aliphatic heterocycles. The molecule has 0 N–H and O–H groups in total. The molecule has 0 atom stereocenters. The fourth-order valence-corrected chi connectivity index (χ4v) is 0. The second-order valence-electron chi connectivity index (χ2n) is 0.697. The van der Waals surface area contributed by atoms with E-state index in [0.717, 1.165) is 0 Å². The van der Waals surface area contributed by atoms with Crippen molar-refractivity contribution in [2.45, 2.75) is 0 Å². The van der Waals surface area contributed by atoms with Crippen molar-refractivity contribution in [1.29, 1.82) is 0 Å². The Kier molecular flexibility index (Phi) is 23.0. The van der Waals surface area contributed by atoms with Crippen LogP contribution in [-0.2, 0) is 57.0 Å². The molecule has 0 aromatic rings. The molecule has 0 fully saturated rings. The van der Waals surface area contributed by atoms with Crippen molar-refractivity contribution in [3.63, 3.8) is 0 Å². The molecule has 11 heavy (non-hydrogen) atoms. The predicted molar refractivity (Wildman–Crippen MR) is 13.0 cm³/mol. The first-order valence-corrected chi connectivity index (χ1v) is 2.80. The van der Waals surface area contributed by atoms with Crippen LogP contribution < -0.4 is 24.9 Å². The zero-order valence-electron chi connectivity index (χ0n) is 4.80. The molecule has 0 saturated heterocycles. The van der Waals surface area contributed by atoms with Crippen LogP contribution in [0.15, 0.2) is 0 Å². The van der Waals surface area contributed by atoms with Gasteiger partial charge in [0, 0.05) is 0 Å². The summed E-state index contributed by atoms with van der Waals surface area (Å²) < 4.78 is 8.55. The molecular formula is CO7PZr2+3. The van der Waals surface area contributed by atoms with Gasteiger partial charge < -0.3 is 34.3 Å². The molecule has 0 aromatic carbocycles. The van der Waals surface area contributed by atoms with Gasteiger partial charge in [0.2, 0.25) is 0 Å². The maximum absolute atomic E-state index is 8.55. The minimum Gasteiger partial charge on any atom is -0.822 e. The van der Waals surface area contributed by atoms with Crippen LogP contribution in [0.1, 0.15) is 0 Å². The maximum atomic E-state index is 8.55. The van der Waals surface area contributed by atoms with Crippen molar-refractivity contribution in [1.82, 2.24) is 0 Å². The van der Waals surface area contributed by atoms with Gasteiger partial charge in [-0.2, -0.15) is 7.82 Å². The molecule has 0 amide bonds. The molecule has 0 bridgehead atoms. The second kappa shape index (κ2) is 11.1. The number of hydrogen-bond acceptors (Lipinski definition) is 7. The average molecular weight is 337 g/mol. The number of phosphoric acid groups is 1. The van der Waals surface area contributed by atoms with Crippen LogP contribution in [0.25, 0.3) is 0 Å². The van der Waals surface area contributed by atoms with E-state index in [1.807, 2.05) is 0 Å². The van der Waals surface area contributed by atoms with Crippen LogP contribution in [-0.4, -0.2) is 6.16 Å². The van der Waals surface area contributed by atoms with Crippen LogP contribution in [0, 0.1) is 0 Å². The Hall–Kier alpha value is 1.15. The number of carbonyl (C=O) groups excluding carboxylic acids is 1. The Labute approximate surface area is 99.9 Å². The molecule has 0 heterocycles. The normalized spacial score (nSPS) is 7.55. The first kappa shape index (κ1) is 22.7. The molecule has 56 valence electrons. The summed E-state index contributed by atoms with van der Waals surface area (Å²) in [5, 5.41) is 16.7. The van der Waals surface area contributed by atoms with Gasteiger partial charge in [-0.25, -0.2) is 0 Å². The molecule has 0 rings (SSSR count). The van der Waals surface area contributed by atoms with Gasteiger partial charge in [0.25, 0.3) is 0 Å². The minimum atomic E-state index is -5.39. The first-order chi connectivity index (χ1) is 3.73. The number of hydrogen-bond donors (Lipinski definition) is 0. The molecule has 0 radical (unpaired) electrons. The van der Waals surface area contributed by atoms with Crippen molar-refractivity contribution in [2.24, 2.45) is 0 Å². The van der Waals surface area contributed by atoms with E-state index in [-0.39, 0.29) is 52.4 Å². The summed E-state index contributed by atoms with van der Waals surface area (Å²) in [4.78, 5) is 34.0. The van der Waals surface area contributed by atoms with Crippen LogP contribution in [0.3, 0.4) is 0 Å². The van der Waals surface area contributed by atoms with Gasteiger partial charge in [0.05, 0.1) is 0 Å². The summed E-state index contributed by atoms with van der Waals surface area (Å²) in [6.45, 7) is 0. The summed E-state index contributed by atoms with van der Waals surface area (Å²) in [5.74, 6) is 0. The Morgan fingerprint density at radius 3 is 1.00 bits per heavy atom. The van der Waals surface area contributed by atoms with E-state index in [0.29, 0.717) is 0 Å². The third-order valence-corrected chi connectivity index (χ3v) is 0. The van der Waals surface area contributed by atoms with E-state index in [2.05, 4.69) is 0 Å². The van der Waals surface area contributed by atoms with Gasteiger partial charge >= 0.3 is 52.4 Å². The molecule has 0 aromatic heterocycles. The van der Waals surface area contributed by atoms with Crippen molar-refractivity contribution in [2.75, 3.05) is 0 Å². The SMILES string of the molecule is O=C([O-])[O-].O=P([O-])([O-])[O-].[Zr+4].[Zr+4]. The predicted octanol–water partition coefficient (Wildman–Crippen LogP) is -5.28. The minimum absolute atomic E-state index is 0. The smallest absolute Gasteiger partial charge is 0.822 e.